The number of nitrogens with one attached hydrogen (secondary N) is 1. The molecule has 196 valence electrons. The standard InChI is InChI=1S/C28H28N4O5S/c1-3-15-31-19(2)30-38(35,36)26-16-21(13-14-23(26)31)28(34)32-18-25(37-24-12-8-7-11-22(24)32)27(33)29-17-20-9-5-4-6-10-20/h4-14,16,25H,3,15,17-18H2,1-2H3,(H,29,33). The molecule has 1 unspecified atom stereocenters. The van der Waals surface area contributed by atoms with Gasteiger partial charge in [0.2, 0.25) is 0 Å². The van der Waals surface area contributed by atoms with E-state index in [4.69, 9.17) is 4.74 Å². The summed E-state index contributed by atoms with van der Waals surface area (Å²) in [6.45, 7) is 4.55. The summed E-state index contributed by atoms with van der Waals surface area (Å²) < 4.78 is 35.7. The quantitative estimate of drug-likeness (QED) is 0.518. The van der Waals surface area contributed by atoms with Crippen molar-refractivity contribution in [3.63, 3.8) is 0 Å². The van der Waals surface area contributed by atoms with Crippen LogP contribution in [0.1, 0.15) is 36.2 Å². The molecule has 0 aromatic heterocycles. The average molecular weight is 533 g/mol. The number of carbonyl (C=O) groups excluding carboxylic acids is 2. The molecule has 2 aliphatic rings. The average Bonchev–Trinajstić information content (AvgIpc) is 2.93. The monoisotopic (exact) mass is 532 g/mol. The molecule has 3 aromatic carbocycles. The minimum absolute atomic E-state index is 0.0129. The van der Waals surface area contributed by atoms with Gasteiger partial charge in [0.1, 0.15) is 16.5 Å². The Morgan fingerprint density at radius 2 is 1.76 bits per heavy atom. The molecular formula is C28H28N4O5S. The Bertz CT molecular complexity index is 1520. The first-order valence-corrected chi connectivity index (χ1v) is 13.8. The van der Waals surface area contributed by atoms with E-state index in [1.165, 1.54) is 11.0 Å². The number of carbonyl (C=O) groups is 2. The second kappa shape index (κ2) is 10.3. The van der Waals surface area contributed by atoms with Crippen molar-refractivity contribution in [3.05, 3.63) is 83.9 Å². The molecular weight excluding hydrogens is 504 g/mol. The third-order valence-electron chi connectivity index (χ3n) is 6.49. The van der Waals surface area contributed by atoms with E-state index < -0.39 is 22.0 Å². The van der Waals surface area contributed by atoms with Crippen LogP contribution in [0.2, 0.25) is 0 Å². The molecule has 38 heavy (non-hydrogen) atoms. The molecule has 0 spiro atoms. The van der Waals surface area contributed by atoms with Gasteiger partial charge in [0, 0.05) is 18.7 Å². The second-order valence-corrected chi connectivity index (χ2v) is 10.7. The summed E-state index contributed by atoms with van der Waals surface area (Å²) in [5, 5.41) is 2.87. The molecule has 0 aliphatic carbocycles. The zero-order valence-electron chi connectivity index (χ0n) is 21.1. The van der Waals surface area contributed by atoms with Gasteiger partial charge in [-0.1, -0.05) is 49.4 Å². The molecule has 0 radical (unpaired) electrons. The number of hydrogen-bond donors (Lipinski definition) is 1. The van der Waals surface area contributed by atoms with Crippen LogP contribution >= 0.6 is 0 Å². The predicted octanol–water partition coefficient (Wildman–Crippen LogP) is 3.75. The van der Waals surface area contributed by atoms with Gasteiger partial charge in [-0.25, -0.2) is 0 Å². The molecule has 2 aliphatic heterocycles. The van der Waals surface area contributed by atoms with Crippen molar-refractivity contribution >= 4 is 39.0 Å². The maximum atomic E-state index is 13.8. The van der Waals surface area contributed by atoms with E-state index in [1.807, 2.05) is 42.2 Å². The lowest BCUT2D eigenvalue weighted by Gasteiger charge is -2.34. The van der Waals surface area contributed by atoms with Crippen LogP contribution < -0.4 is 19.9 Å². The van der Waals surface area contributed by atoms with Gasteiger partial charge in [0.15, 0.2) is 6.10 Å². The summed E-state index contributed by atoms with van der Waals surface area (Å²) >= 11 is 0. The van der Waals surface area contributed by atoms with E-state index in [0.717, 1.165) is 12.0 Å². The molecule has 2 amide bonds. The first-order valence-electron chi connectivity index (χ1n) is 12.4. The van der Waals surface area contributed by atoms with Gasteiger partial charge in [0.25, 0.3) is 21.8 Å². The number of hydrogen-bond acceptors (Lipinski definition) is 6. The maximum absolute atomic E-state index is 13.8. The summed E-state index contributed by atoms with van der Waals surface area (Å²) in [5.41, 5.74) is 2.12. The van der Waals surface area contributed by atoms with E-state index in [9.17, 15) is 18.0 Å². The third-order valence-corrected chi connectivity index (χ3v) is 7.87. The fourth-order valence-corrected chi connectivity index (χ4v) is 5.91. The SMILES string of the molecule is CCCN1C(C)=NS(=O)(=O)c2cc(C(=O)N3CC(C(=O)NCc4ccccc4)Oc4ccccc43)ccc21. The topological polar surface area (TPSA) is 108 Å². The molecule has 1 atom stereocenters. The Morgan fingerprint density at radius 3 is 2.53 bits per heavy atom. The Kier molecular flexibility index (Phi) is 6.90. The number of nitrogens with zero attached hydrogens (tertiary/aromatic N) is 3. The first-order chi connectivity index (χ1) is 18.3. The smallest absolute Gasteiger partial charge is 0.286 e. The Labute approximate surface area is 221 Å². The number of benzene rings is 3. The zero-order valence-corrected chi connectivity index (χ0v) is 21.9. The molecule has 0 saturated carbocycles. The fourth-order valence-electron chi connectivity index (χ4n) is 4.65. The number of fused-ring (bicyclic) bond motifs is 2. The molecule has 9 nitrogen and oxygen atoms in total. The van der Waals surface area contributed by atoms with Crippen LogP contribution in [0, 0.1) is 0 Å². The van der Waals surface area contributed by atoms with Crippen molar-refractivity contribution < 1.29 is 22.7 Å². The van der Waals surface area contributed by atoms with E-state index in [0.29, 0.717) is 36.0 Å². The van der Waals surface area contributed by atoms with Crippen LogP contribution in [0.15, 0.2) is 82.1 Å². The number of anilines is 2. The Hall–Kier alpha value is -4.18. The van der Waals surface area contributed by atoms with Crippen LogP contribution in [0.5, 0.6) is 5.75 Å². The molecule has 10 heteroatoms. The lowest BCUT2D eigenvalue weighted by molar-refractivity contribution is -0.128. The third kappa shape index (κ3) is 4.87. The van der Waals surface area contributed by atoms with Crippen LogP contribution in [0.3, 0.4) is 0 Å². The molecule has 0 fully saturated rings. The summed E-state index contributed by atoms with van der Waals surface area (Å²) in [7, 11) is -3.96. The van der Waals surface area contributed by atoms with Gasteiger partial charge in [-0.15, -0.1) is 4.40 Å². The van der Waals surface area contributed by atoms with E-state index in [-0.39, 0.29) is 22.9 Å². The largest absolute Gasteiger partial charge is 0.477 e. The molecule has 1 N–H and O–H groups in total. The number of amides is 2. The number of ether oxygens (including phenoxy) is 1. The van der Waals surface area contributed by atoms with Gasteiger partial charge in [0.05, 0.1) is 17.9 Å². The van der Waals surface area contributed by atoms with Crippen LogP contribution in [-0.2, 0) is 21.4 Å². The van der Waals surface area contributed by atoms with E-state index in [1.54, 1.807) is 43.3 Å². The van der Waals surface area contributed by atoms with E-state index in [2.05, 4.69) is 9.71 Å². The van der Waals surface area contributed by atoms with Gasteiger partial charge in [-0.05, 0) is 49.2 Å². The zero-order chi connectivity index (χ0) is 26.9. The van der Waals surface area contributed by atoms with Gasteiger partial charge >= 0.3 is 0 Å². The van der Waals surface area contributed by atoms with Gasteiger partial charge < -0.3 is 19.9 Å². The van der Waals surface area contributed by atoms with Crippen molar-refractivity contribution in [1.29, 1.82) is 0 Å². The summed E-state index contributed by atoms with van der Waals surface area (Å²) in [6.07, 6.45) is -0.142. The highest BCUT2D eigenvalue weighted by Gasteiger charge is 2.35. The maximum Gasteiger partial charge on any atom is 0.286 e. The van der Waals surface area contributed by atoms with Gasteiger partial charge in [-0.3, -0.25) is 9.59 Å². The van der Waals surface area contributed by atoms with Crippen LogP contribution in [0.4, 0.5) is 11.4 Å². The summed E-state index contributed by atoms with van der Waals surface area (Å²) in [6, 6.07) is 21.1. The molecule has 0 saturated heterocycles. The highest BCUT2D eigenvalue weighted by atomic mass is 32.2. The first kappa shape index (κ1) is 25.5. The summed E-state index contributed by atoms with van der Waals surface area (Å²) in [5.74, 6) is -0.00102. The van der Waals surface area contributed by atoms with Crippen LogP contribution in [-0.4, -0.2) is 45.3 Å². The fraction of sp³-hybridized carbons (Fsp3) is 0.250. The number of amidine groups is 1. The lowest BCUT2D eigenvalue weighted by atomic mass is 10.1. The Morgan fingerprint density at radius 1 is 1.03 bits per heavy atom. The molecule has 2 heterocycles. The second-order valence-electron chi connectivity index (χ2n) is 9.14. The Balaban J connectivity index is 1.44. The van der Waals surface area contributed by atoms with Crippen molar-refractivity contribution in [2.75, 3.05) is 22.9 Å². The van der Waals surface area contributed by atoms with Crippen molar-refractivity contribution in [2.24, 2.45) is 4.40 Å². The molecule has 0 bridgehead atoms. The normalized spacial score (nSPS) is 17.5. The van der Waals surface area contributed by atoms with Crippen molar-refractivity contribution in [1.82, 2.24) is 5.32 Å². The number of rotatable bonds is 6. The number of sulfonamides is 1. The van der Waals surface area contributed by atoms with Crippen molar-refractivity contribution in [3.8, 4) is 5.75 Å². The van der Waals surface area contributed by atoms with Crippen molar-refractivity contribution in [2.45, 2.75) is 37.8 Å². The predicted molar refractivity (Wildman–Crippen MR) is 145 cm³/mol. The highest BCUT2D eigenvalue weighted by molar-refractivity contribution is 7.90. The summed E-state index contributed by atoms with van der Waals surface area (Å²) in [4.78, 5) is 30.1. The van der Waals surface area contributed by atoms with Gasteiger partial charge in [-0.2, -0.15) is 8.42 Å². The molecule has 5 rings (SSSR count). The molecule has 3 aromatic rings. The number of para-hydroxylation sites is 2. The van der Waals surface area contributed by atoms with Crippen LogP contribution in [0.25, 0.3) is 0 Å². The lowest BCUT2D eigenvalue weighted by Crippen LogP contribution is -2.50. The van der Waals surface area contributed by atoms with E-state index >= 15 is 0 Å². The minimum Gasteiger partial charge on any atom is -0.477 e. The minimum atomic E-state index is -3.96. The highest BCUT2D eigenvalue weighted by Crippen LogP contribution is 2.36.